The van der Waals surface area contributed by atoms with E-state index in [1.807, 2.05) is 17.0 Å². The zero-order valence-corrected chi connectivity index (χ0v) is 13.8. The molecule has 0 aromatic heterocycles. The van der Waals surface area contributed by atoms with Crippen LogP contribution in [0.4, 0.5) is 5.69 Å². The van der Waals surface area contributed by atoms with Crippen LogP contribution < -0.4 is 10.5 Å². The van der Waals surface area contributed by atoms with Crippen LogP contribution in [0.2, 0.25) is 0 Å². The Hall–Kier alpha value is -0.920. The third kappa shape index (κ3) is 4.52. The Balaban J connectivity index is 1.91. The van der Waals surface area contributed by atoms with Crippen LogP contribution >= 0.6 is 11.8 Å². The van der Waals surface area contributed by atoms with Crippen LogP contribution in [0.3, 0.4) is 0 Å². The van der Waals surface area contributed by atoms with Crippen LogP contribution in [0.5, 0.6) is 5.75 Å². The first kappa shape index (κ1) is 16.5. The van der Waals surface area contributed by atoms with Crippen LogP contribution in [0.1, 0.15) is 6.92 Å². The highest BCUT2D eigenvalue weighted by Gasteiger charge is 2.32. The maximum atomic E-state index is 12.1. The van der Waals surface area contributed by atoms with Crippen LogP contribution in [0.25, 0.3) is 0 Å². The molecule has 0 aliphatic carbocycles. The minimum Gasteiger partial charge on any atom is -0.492 e. The van der Waals surface area contributed by atoms with Crippen molar-refractivity contribution in [1.82, 2.24) is 4.90 Å². The summed E-state index contributed by atoms with van der Waals surface area (Å²) in [5, 5.41) is -0.384. The van der Waals surface area contributed by atoms with Crippen molar-refractivity contribution < 1.29 is 13.2 Å². The summed E-state index contributed by atoms with van der Waals surface area (Å²) >= 11 is 1.70. The fourth-order valence-corrected chi connectivity index (χ4v) is 5.39. The topological polar surface area (TPSA) is 72.6 Å². The summed E-state index contributed by atoms with van der Waals surface area (Å²) < 4.78 is 29.9. The fourth-order valence-electron chi connectivity index (χ4n) is 2.28. The smallest absolute Gasteiger partial charge is 0.166 e. The number of ether oxygens (including phenoxy) is 1. The van der Waals surface area contributed by atoms with Crippen LogP contribution in [-0.4, -0.2) is 55.6 Å². The first-order valence-electron chi connectivity index (χ1n) is 7.04. The molecule has 1 aliphatic heterocycles. The highest BCUT2D eigenvalue weighted by Crippen LogP contribution is 2.21. The van der Waals surface area contributed by atoms with Gasteiger partial charge in [-0.25, -0.2) is 8.42 Å². The molecule has 1 atom stereocenters. The van der Waals surface area contributed by atoms with Gasteiger partial charge in [0.05, 0.1) is 0 Å². The summed E-state index contributed by atoms with van der Waals surface area (Å²) in [7, 11) is -3.04. The lowest BCUT2D eigenvalue weighted by molar-refractivity contribution is 0.206. The van der Waals surface area contributed by atoms with Gasteiger partial charge in [0, 0.05) is 42.1 Å². The summed E-state index contributed by atoms with van der Waals surface area (Å²) in [5.74, 6) is 2.52. The molecule has 21 heavy (non-hydrogen) atoms. The van der Waals surface area contributed by atoms with E-state index in [9.17, 15) is 8.42 Å². The second-order valence-electron chi connectivity index (χ2n) is 4.94. The summed E-state index contributed by atoms with van der Waals surface area (Å²) in [6, 6.07) is 7.26. The molecule has 0 bridgehead atoms. The van der Waals surface area contributed by atoms with Gasteiger partial charge in [0.2, 0.25) is 0 Å². The van der Waals surface area contributed by atoms with Crippen LogP contribution in [0.15, 0.2) is 24.3 Å². The molecule has 1 heterocycles. The number of nitrogens with zero attached hydrogens (tertiary/aromatic N) is 1. The number of thioether (sulfide) groups is 1. The van der Waals surface area contributed by atoms with E-state index >= 15 is 0 Å². The zero-order chi connectivity index (χ0) is 15.3. The summed E-state index contributed by atoms with van der Waals surface area (Å²) in [6.07, 6.45) is 0. The minimum atomic E-state index is -3.04. The van der Waals surface area contributed by atoms with Gasteiger partial charge in [0.25, 0.3) is 0 Å². The Bertz CT molecular complexity index is 563. The second-order valence-corrected chi connectivity index (χ2v) is 8.54. The number of sulfone groups is 1. The zero-order valence-electron chi connectivity index (χ0n) is 12.2. The van der Waals surface area contributed by atoms with Gasteiger partial charge >= 0.3 is 0 Å². The molecule has 0 radical (unpaired) electrons. The third-order valence-electron chi connectivity index (χ3n) is 3.51. The van der Waals surface area contributed by atoms with Crippen molar-refractivity contribution in [3.05, 3.63) is 24.3 Å². The first-order valence-corrected chi connectivity index (χ1v) is 9.91. The lowest BCUT2D eigenvalue weighted by atomic mass is 10.3. The Labute approximate surface area is 130 Å². The first-order chi connectivity index (χ1) is 10.0. The largest absolute Gasteiger partial charge is 0.492 e. The molecule has 1 aromatic carbocycles. The molecule has 1 aliphatic rings. The van der Waals surface area contributed by atoms with Gasteiger partial charge in [-0.15, -0.1) is 0 Å². The molecular weight excluding hydrogens is 308 g/mol. The third-order valence-corrected chi connectivity index (χ3v) is 6.85. The number of rotatable bonds is 6. The number of hydrogen-bond acceptors (Lipinski definition) is 6. The second kappa shape index (κ2) is 7.38. The maximum absolute atomic E-state index is 12.1. The summed E-state index contributed by atoms with van der Waals surface area (Å²) in [4.78, 5) is 2.02. The van der Waals surface area contributed by atoms with E-state index in [2.05, 4.69) is 0 Å². The van der Waals surface area contributed by atoms with Gasteiger partial charge < -0.3 is 10.5 Å². The summed E-state index contributed by atoms with van der Waals surface area (Å²) in [5.41, 5.74) is 6.36. The van der Waals surface area contributed by atoms with E-state index in [0.29, 0.717) is 24.6 Å². The molecule has 1 saturated heterocycles. The quantitative estimate of drug-likeness (QED) is 0.796. The minimum absolute atomic E-state index is 0.185. The monoisotopic (exact) mass is 330 g/mol. The predicted molar refractivity (Wildman–Crippen MR) is 88.5 cm³/mol. The molecule has 0 saturated carbocycles. The Morgan fingerprint density at radius 1 is 1.48 bits per heavy atom. The molecule has 0 spiro atoms. The van der Waals surface area contributed by atoms with Crippen molar-refractivity contribution >= 4 is 27.3 Å². The summed E-state index contributed by atoms with van der Waals surface area (Å²) in [6.45, 7) is 3.56. The van der Waals surface area contributed by atoms with E-state index < -0.39 is 9.84 Å². The molecule has 1 fully saturated rings. The molecule has 118 valence electrons. The molecule has 1 unspecified atom stereocenters. The standard InChI is InChI=1S/C14H22N2O3S2/c1-2-21(17,18)14-11-20-9-7-16(14)6-8-19-13-5-3-4-12(15)10-13/h3-5,10,14H,2,6-9,11,15H2,1H3. The van der Waals surface area contributed by atoms with Gasteiger partial charge in [-0.1, -0.05) is 13.0 Å². The van der Waals surface area contributed by atoms with Crippen molar-refractivity contribution in [3.8, 4) is 5.75 Å². The maximum Gasteiger partial charge on any atom is 0.166 e. The SMILES string of the molecule is CCS(=O)(=O)C1CSCCN1CCOc1cccc(N)c1. The highest BCUT2D eigenvalue weighted by atomic mass is 32.2. The van der Waals surface area contributed by atoms with E-state index in [1.165, 1.54) is 0 Å². The Morgan fingerprint density at radius 2 is 2.29 bits per heavy atom. The van der Waals surface area contributed by atoms with Crippen LogP contribution in [0, 0.1) is 0 Å². The number of hydrogen-bond donors (Lipinski definition) is 1. The van der Waals surface area contributed by atoms with Gasteiger partial charge in [-0.2, -0.15) is 11.8 Å². The van der Waals surface area contributed by atoms with E-state index in [1.54, 1.807) is 30.8 Å². The van der Waals surface area contributed by atoms with Gasteiger partial charge in [0.15, 0.2) is 9.84 Å². The number of anilines is 1. The number of benzene rings is 1. The molecular formula is C14H22N2O3S2. The Kier molecular flexibility index (Phi) is 5.78. The lowest BCUT2D eigenvalue weighted by Gasteiger charge is -2.34. The lowest BCUT2D eigenvalue weighted by Crippen LogP contribution is -2.49. The fraction of sp³-hybridized carbons (Fsp3) is 0.571. The molecule has 5 nitrogen and oxygen atoms in total. The van der Waals surface area contributed by atoms with Crippen molar-refractivity contribution in [2.75, 3.05) is 42.7 Å². The van der Waals surface area contributed by atoms with Gasteiger partial charge in [-0.05, 0) is 12.1 Å². The molecule has 2 rings (SSSR count). The average molecular weight is 330 g/mol. The molecule has 0 amide bonds. The predicted octanol–water partition coefficient (Wildman–Crippen LogP) is 1.46. The van der Waals surface area contributed by atoms with E-state index in [-0.39, 0.29) is 11.1 Å². The highest BCUT2D eigenvalue weighted by molar-refractivity contribution is 8.01. The van der Waals surface area contributed by atoms with Crippen molar-refractivity contribution in [2.24, 2.45) is 0 Å². The van der Waals surface area contributed by atoms with Crippen molar-refractivity contribution in [1.29, 1.82) is 0 Å². The Morgan fingerprint density at radius 3 is 3.00 bits per heavy atom. The van der Waals surface area contributed by atoms with Crippen molar-refractivity contribution in [3.63, 3.8) is 0 Å². The van der Waals surface area contributed by atoms with Crippen LogP contribution in [-0.2, 0) is 9.84 Å². The number of nitrogen functional groups attached to an aromatic ring is 1. The van der Waals surface area contributed by atoms with E-state index in [0.717, 1.165) is 18.0 Å². The van der Waals surface area contributed by atoms with Gasteiger partial charge in [0.1, 0.15) is 17.7 Å². The average Bonchev–Trinajstić information content (AvgIpc) is 2.48. The molecule has 7 heteroatoms. The molecule has 1 aromatic rings. The number of nitrogens with two attached hydrogens (primary N) is 1. The van der Waals surface area contributed by atoms with E-state index in [4.69, 9.17) is 10.5 Å². The molecule has 2 N–H and O–H groups in total. The normalized spacial score (nSPS) is 20.3. The van der Waals surface area contributed by atoms with Gasteiger partial charge in [-0.3, -0.25) is 4.90 Å². The van der Waals surface area contributed by atoms with Crippen molar-refractivity contribution in [2.45, 2.75) is 12.3 Å².